The number of rotatable bonds is 7. The number of piperazine rings is 1. The van der Waals surface area contributed by atoms with Crippen molar-refractivity contribution in [1.82, 2.24) is 19.9 Å². The number of nitriles is 1. The van der Waals surface area contributed by atoms with E-state index < -0.39 is 0 Å². The molecule has 4 aromatic rings. The van der Waals surface area contributed by atoms with Crippen molar-refractivity contribution < 1.29 is 9.50 Å². The quantitative estimate of drug-likeness (QED) is 0.378. The lowest BCUT2D eigenvalue weighted by atomic mass is 10.0. The number of nitrogens with zero attached hydrogens (tertiary/aromatic N) is 5. The number of aliphatic hydroxyl groups excluding tert-OH is 1. The molecule has 1 fully saturated rings. The molecule has 3 heterocycles. The molecule has 0 aliphatic carbocycles. The minimum atomic E-state index is -0.309. The summed E-state index contributed by atoms with van der Waals surface area (Å²) in [7, 11) is 0. The molecular formula is C26H26FN7O. The lowest BCUT2D eigenvalue weighted by molar-refractivity contribution is 0.188. The van der Waals surface area contributed by atoms with Crippen molar-refractivity contribution in [3.8, 4) is 17.3 Å². The Morgan fingerprint density at radius 2 is 1.94 bits per heavy atom. The molecule has 8 nitrogen and oxygen atoms in total. The molecule has 1 saturated heterocycles. The SMILES string of the molecule is N#CCc1cccc(-c2nc(Nc3ccc(N4CCN(CCO)CC4)c(F)c3)nc3[nH]ccc23)c1. The van der Waals surface area contributed by atoms with Crippen LogP contribution < -0.4 is 10.2 Å². The first kappa shape index (κ1) is 22.8. The third-order valence-corrected chi connectivity index (χ3v) is 6.23. The number of hydrogen-bond donors (Lipinski definition) is 3. The third kappa shape index (κ3) is 4.94. The number of nitrogens with one attached hydrogen (secondary N) is 2. The summed E-state index contributed by atoms with van der Waals surface area (Å²) in [6, 6.07) is 16.9. The van der Waals surface area contributed by atoms with Gasteiger partial charge in [-0.25, -0.2) is 9.37 Å². The van der Waals surface area contributed by atoms with Gasteiger partial charge in [-0.2, -0.15) is 10.2 Å². The third-order valence-electron chi connectivity index (χ3n) is 6.23. The standard InChI is InChI=1S/C26H26FN7O/c27-22-17-20(4-5-23(22)34-12-10-33(11-13-34)14-15-35)30-26-31-24(21-7-9-29-25(21)32-26)19-3-1-2-18(16-19)6-8-28/h1-5,7,9,16-17,35H,6,10-15H2,(H2,29,30,31,32). The van der Waals surface area contributed by atoms with E-state index in [1.165, 1.54) is 6.07 Å². The van der Waals surface area contributed by atoms with Gasteiger partial charge in [0.05, 0.1) is 30.5 Å². The monoisotopic (exact) mass is 471 g/mol. The van der Waals surface area contributed by atoms with E-state index >= 15 is 4.39 Å². The molecule has 3 N–H and O–H groups in total. The highest BCUT2D eigenvalue weighted by Crippen LogP contribution is 2.30. The molecule has 0 spiro atoms. The fourth-order valence-electron chi connectivity index (χ4n) is 4.46. The fourth-order valence-corrected chi connectivity index (χ4v) is 4.46. The maximum atomic E-state index is 15.0. The molecule has 0 saturated carbocycles. The van der Waals surface area contributed by atoms with Crippen LogP contribution in [0.4, 0.5) is 21.7 Å². The number of fused-ring (bicyclic) bond motifs is 1. The summed E-state index contributed by atoms with van der Waals surface area (Å²) < 4.78 is 15.0. The zero-order valence-electron chi connectivity index (χ0n) is 19.2. The van der Waals surface area contributed by atoms with Gasteiger partial charge in [0.1, 0.15) is 11.5 Å². The Balaban J connectivity index is 1.39. The van der Waals surface area contributed by atoms with Gasteiger partial charge in [0, 0.05) is 55.6 Å². The van der Waals surface area contributed by atoms with E-state index in [9.17, 15) is 0 Å². The highest BCUT2D eigenvalue weighted by atomic mass is 19.1. The number of hydrogen-bond acceptors (Lipinski definition) is 7. The van der Waals surface area contributed by atoms with Crippen LogP contribution in [0.15, 0.2) is 54.7 Å². The van der Waals surface area contributed by atoms with Crippen LogP contribution in [0.1, 0.15) is 5.56 Å². The average molecular weight is 472 g/mol. The first-order valence-electron chi connectivity index (χ1n) is 11.6. The number of benzene rings is 2. The van der Waals surface area contributed by atoms with Gasteiger partial charge in [-0.3, -0.25) is 4.90 Å². The molecule has 2 aromatic heterocycles. The van der Waals surface area contributed by atoms with Crippen molar-refractivity contribution in [2.45, 2.75) is 6.42 Å². The van der Waals surface area contributed by atoms with Gasteiger partial charge in [-0.05, 0) is 35.9 Å². The molecule has 1 aliphatic rings. The number of anilines is 3. The van der Waals surface area contributed by atoms with E-state index in [1.54, 1.807) is 12.3 Å². The summed E-state index contributed by atoms with van der Waals surface area (Å²) in [5.41, 5.74) is 4.32. The average Bonchev–Trinajstić information content (AvgIpc) is 3.34. The molecule has 0 atom stereocenters. The molecule has 178 valence electrons. The Bertz CT molecular complexity index is 1370. The summed E-state index contributed by atoms with van der Waals surface area (Å²) in [5.74, 6) is 0.0430. The van der Waals surface area contributed by atoms with Crippen molar-refractivity contribution in [3.05, 3.63) is 66.1 Å². The van der Waals surface area contributed by atoms with Crippen molar-refractivity contribution in [3.63, 3.8) is 0 Å². The highest BCUT2D eigenvalue weighted by Gasteiger charge is 2.19. The largest absolute Gasteiger partial charge is 0.395 e. The summed E-state index contributed by atoms with van der Waals surface area (Å²) in [6.07, 6.45) is 2.13. The van der Waals surface area contributed by atoms with Crippen LogP contribution in [0.3, 0.4) is 0 Å². The van der Waals surface area contributed by atoms with Gasteiger partial charge in [0.25, 0.3) is 0 Å². The van der Waals surface area contributed by atoms with Crippen LogP contribution >= 0.6 is 0 Å². The lowest BCUT2D eigenvalue weighted by Gasteiger charge is -2.36. The zero-order chi connectivity index (χ0) is 24.2. The number of aliphatic hydroxyl groups is 1. The minimum absolute atomic E-state index is 0.137. The summed E-state index contributed by atoms with van der Waals surface area (Å²) in [5, 5.41) is 22.2. The van der Waals surface area contributed by atoms with Crippen LogP contribution in [0.5, 0.6) is 0 Å². The minimum Gasteiger partial charge on any atom is -0.395 e. The number of β-amino-alcohol motifs (C(OH)–C–C–N with tert-alkyl or cyclic N) is 1. The Hall–Kier alpha value is -4.00. The lowest BCUT2D eigenvalue weighted by Crippen LogP contribution is -2.47. The normalized spacial score (nSPS) is 14.3. The van der Waals surface area contributed by atoms with Crippen LogP contribution in [-0.2, 0) is 6.42 Å². The predicted molar refractivity (Wildman–Crippen MR) is 134 cm³/mol. The Morgan fingerprint density at radius 1 is 1.09 bits per heavy atom. The van der Waals surface area contributed by atoms with Crippen molar-refractivity contribution >= 4 is 28.4 Å². The Kier molecular flexibility index (Phi) is 6.57. The van der Waals surface area contributed by atoms with E-state index in [4.69, 9.17) is 15.4 Å². The molecule has 0 radical (unpaired) electrons. The van der Waals surface area contributed by atoms with Gasteiger partial charge < -0.3 is 20.3 Å². The van der Waals surface area contributed by atoms with Crippen molar-refractivity contribution in [2.24, 2.45) is 0 Å². The fraction of sp³-hybridized carbons (Fsp3) is 0.269. The van der Waals surface area contributed by atoms with E-state index in [1.807, 2.05) is 41.3 Å². The maximum Gasteiger partial charge on any atom is 0.229 e. The molecule has 0 bridgehead atoms. The van der Waals surface area contributed by atoms with Crippen LogP contribution in [-0.4, -0.2) is 64.3 Å². The van der Waals surface area contributed by atoms with Gasteiger partial charge in [0.15, 0.2) is 0 Å². The van der Waals surface area contributed by atoms with Gasteiger partial charge in [-0.15, -0.1) is 0 Å². The first-order chi connectivity index (χ1) is 17.1. The summed E-state index contributed by atoms with van der Waals surface area (Å²) >= 11 is 0. The summed E-state index contributed by atoms with van der Waals surface area (Å²) in [4.78, 5) is 16.6. The molecule has 1 aliphatic heterocycles. The number of H-pyrrole nitrogens is 1. The molecule has 0 unspecified atom stereocenters. The molecular weight excluding hydrogens is 445 g/mol. The predicted octanol–water partition coefficient (Wildman–Crippen LogP) is 3.69. The van der Waals surface area contributed by atoms with Gasteiger partial charge >= 0.3 is 0 Å². The summed E-state index contributed by atoms with van der Waals surface area (Å²) in [6.45, 7) is 3.80. The van der Waals surface area contributed by atoms with E-state index in [0.717, 1.165) is 35.3 Å². The maximum absolute atomic E-state index is 15.0. The number of aromatic nitrogens is 3. The second-order valence-corrected chi connectivity index (χ2v) is 8.51. The van der Waals surface area contributed by atoms with Gasteiger partial charge in [0.2, 0.25) is 5.95 Å². The van der Waals surface area contributed by atoms with Crippen molar-refractivity contribution in [1.29, 1.82) is 5.26 Å². The van der Waals surface area contributed by atoms with Crippen molar-refractivity contribution in [2.75, 3.05) is 49.5 Å². The van der Waals surface area contributed by atoms with Gasteiger partial charge in [-0.1, -0.05) is 18.2 Å². The molecule has 9 heteroatoms. The first-order valence-corrected chi connectivity index (χ1v) is 11.6. The highest BCUT2D eigenvalue weighted by molar-refractivity contribution is 5.92. The van der Waals surface area contributed by atoms with Crippen LogP contribution in [0.25, 0.3) is 22.3 Å². The Labute approximate surface area is 202 Å². The topological polar surface area (TPSA) is 104 Å². The molecule has 5 rings (SSSR count). The second-order valence-electron chi connectivity index (χ2n) is 8.51. The Morgan fingerprint density at radius 3 is 2.71 bits per heavy atom. The van der Waals surface area contributed by atoms with Crippen LogP contribution in [0.2, 0.25) is 0 Å². The smallest absolute Gasteiger partial charge is 0.229 e. The molecule has 0 amide bonds. The molecule has 2 aromatic carbocycles. The van der Waals surface area contributed by atoms with Crippen LogP contribution in [0, 0.1) is 17.1 Å². The number of halogens is 1. The second kappa shape index (κ2) is 10.1. The van der Waals surface area contributed by atoms with E-state index in [-0.39, 0.29) is 12.4 Å². The number of aromatic amines is 1. The zero-order valence-corrected chi connectivity index (χ0v) is 19.2. The van der Waals surface area contributed by atoms with E-state index in [0.29, 0.717) is 49.0 Å². The van der Waals surface area contributed by atoms with E-state index in [2.05, 4.69) is 26.3 Å². The molecule has 35 heavy (non-hydrogen) atoms.